The van der Waals surface area contributed by atoms with Crippen molar-refractivity contribution in [3.63, 3.8) is 0 Å². The highest BCUT2D eigenvalue weighted by molar-refractivity contribution is 8.24. The summed E-state index contributed by atoms with van der Waals surface area (Å²) < 4.78 is 31.3. The largest absolute Gasteiger partial charge is 0.490 e. The number of hydrogen-bond acceptors (Lipinski definition) is 7. The summed E-state index contributed by atoms with van der Waals surface area (Å²) in [6.07, 6.45) is -0.0190. The van der Waals surface area contributed by atoms with Crippen LogP contribution in [-0.4, -0.2) is 38.3 Å². The van der Waals surface area contributed by atoms with E-state index >= 15 is 0 Å². The molecule has 0 radical (unpaired) electrons. The van der Waals surface area contributed by atoms with Crippen molar-refractivity contribution >= 4 is 28.6 Å². The molecule has 0 aliphatic carbocycles. The van der Waals surface area contributed by atoms with Crippen LogP contribution in [-0.2, 0) is 0 Å². The summed E-state index contributed by atoms with van der Waals surface area (Å²) in [5, 5.41) is 11.5. The Hall–Kier alpha value is -2.17. The number of hydrogen-bond donors (Lipinski definition) is 6. The predicted octanol–water partition coefficient (Wildman–Crippen LogP) is 2.60. The van der Waals surface area contributed by atoms with Gasteiger partial charge in [-0.05, 0) is 35.9 Å². The number of anilines is 1. The molecule has 0 spiro atoms. The molecule has 0 unspecified atom stereocenters. The Morgan fingerprint density at radius 1 is 1.42 bits per heavy atom. The van der Waals surface area contributed by atoms with Crippen molar-refractivity contribution in [3.8, 4) is 5.75 Å². The summed E-state index contributed by atoms with van der Waals surface area (Å²) in [5.41, 5.74) is 5.91. The van der Waals surface area contributed by atoms with E-state index in [2.05, 4.69) is 14.4 Å². The maximum absolute atomic E-state index is 11.0. The lowest BCUT2D eigenvalue weighted by Gasteiger charge is -2.35. The van der Waals surface area contributed by atoms with E-state index in [4.69, 9.17) is 15.6 Å². The fraction of sp³-hybridized carbons (Fsp3) is 0.429. The van der Waals surface area contributed by atoms with Gasteiger partial charge in [0.05, 0.1) is 16.8 Å². The van der Waals surface area contributed by atoms with E-state index in [1.54, 1.807) is 18.2 Å². The van der Waals surface area contributed by atoms with Gasteiger partial charge in [-0.1, -0.05) is 19.9 Å². The van der Waals surface area contributed by atoms with E-state index in [0.717, 1.165) is 0 Å². The van der Waals surface area contributed by atoms with Crippen molar-refractivity contribution in [3.05, 3.63) is 23.8 Å². The average molecular weight is 358 g/mol. The quantitative estimate of drug-likeness (QED) is 0.457. The van der Waals surface area contributed by atoms with Crippen molar-refractivity contribution in [2.45, 2.75) is 32.2 Å². The van der Waals surface area contributed by atoms with Crippen molar-refractivity contribution in [2.75, 3.05) is 11.3 Å². The van der Waals surface area contributed by atoms with Crippen LogP contribution in [0.15, 0.2) is 22.6 Å². The average Bonchev–Trinajstić information content (AvgIpc) is 2.49. The van der Waals surface area contributed by atoms with Gasteiger partial charge in [0.2, 0.25) is 0 Å². The maximum Gasteiger partial charge on any atom is 0.405 e. The van der Waals surface area contributed by atoms with Gasteiger partial charge in [-0.25, -0.2) is 4.79 Å². The Morgan fingerprint density at radius 2 is 2.08 bits per heavy atom. The second-order valence-corrected chi connectivity index (χ2v) is 6.91. The summed E-state index contributed by atoms with van der Waals surface area (Å²) in [6.45, 7) is 3.85. The fourth-order valence-corrected chi connectivity index (χ4v) is 3.34. The van der Waals surface area contributed by atoms with Gasteiger partial charge in [-0.15, -0.1) is 4.40 Å². The molecule has 9 nitrogen and oxygen atoms in total. The highest BCUT2D eigenvalue weighted by Gasteiger charge is 2.31. The monoisotopic (exact) mass is 358 g/mol. The number of carboxylic acid groups (broad SMARTS) is 1. The summed E-state index contributed by atoms with van der Waals surface area (Å²) in [6, 6.07) is 4.95. The summed E-state index contributed by atoms with van der Waals surface area (Å²) in [4.78, 5) is 11.0. The third kappa shape index (κ3) is 3.83. The Labute approximate surface area is 141 Å². The molecule has 1 aromatic carbocycles. The summed E-state index contributed by atoms with van der Waals surface area (Å²) >= 11 is 0. The molecule has 0 saturated heterocycles. The van der Waals surface area contributed by atoms with Crippen LogP contribution in [0.4, 0.5) is 10.5 Å². The molecule has 0 saturated carbocycles. The molecule has 1 aromatic rings. The fourth-order valence-electron chi connectivity index (χ4n) is 2.46. The molecule has 0 atom stereocenters. The second-order valence-electron chi connectivity index (χ2n) is 5.48. The standard InChI is InChI=1S/C14H22N4O5S/c1-3-14(4-2,16-13(19)20)8-23-10-7-5-6-9-11(10)12(15)18-24(21,22)17-9/h5-7,16-17,21-22H,3-4,8H2,1-2H3,(H2,15,18)(H,19,20). The molecule has 0 aromatic heterocycles. The lowest BCUT2D eigenvalue weighted by Crippen LogP contribution is -2.51. The molecule has 0 bridgehead atoms. The zero-order valence-corrected chi connectivity index (χ0v) is 14.3. The number of amidine groups is 1. The number of nitrogens with one attached hydrogen (secondary N) is 2. The molecule has 1 aliphatic heterocycles. The van der Waals surface area contributed by atoms with Gasteiger partial charge in [0.1, 0.15) is 12.4 Å². The predicted molar refractivity (Wildman–Crippen MR) is 93.6 cm³/mol. The first kappa shape index (κ1) is 18.2. The molecule has 1 heterocycles. The highest BCUT2D eigenvalue weighted by atomic mass is 32.3. The van der Waals surface area contributed by atoms with Crippen LogP contribution >= 0.6 is 11.0 Å². The van der Waals surface area contributed by atoms with Crippen LogP contribution in [0.1, 0.15) is 32.3 Å². The van der Waals surface area contributed by atoms with E-state index in [1.807, 2.05) is 13.8 Å². The Morgan fingerprint density at radius 3 is 2.67 bits per heavy atom. The van der Waals surface area contributed by atoms with Crippen molar-refractivity contribution < 1.29 is 23.7 Å². The summed E-state index contributed by atoms with van der Waals surface area (Å²) in [7, 11) is -3.36. The van der Waals surface area contributed by atoms with Crippen molar-refractivity contribution in [1.29, 1.82) is 0 Å². The van der Waals surface area contributed by atoms with Gasteiger partial charge in [0.25, 0.3) is 0 Å². The first-order valence-electron chi connectivity index (χ1n) is 7.40. The molecular formula is C14H22N4O5S. The van der Waals surface area contributed by atoms with Crippen molar-refractivity contribution in [1.82, 2.24) is 5.32 Å². The van der Waals surface area contributed by atoms with Gasteiger partial charge in [-0.2, -0.15) is 0 Å². The molecule has 10 heteroatoms. The summed E-state index contributed by atoms with van der Waals surface area (Å²) in [5.74, 6) is 0.332. The van der Waals surface area contributed by atoms with E-state index in [1.165, 1.54) is 0 Å². The molecule has 2 rings (SSSR count). The molecule has 134 valence electrons. The SMILES string of the molecule is CCC(CC)(COc1cccc2c1C(N)=NS(O)(O)N2)NC(=O)O. The van der Waals surface area contributed by atoms with Crippen LogP contribution in [0.5, 0.6) is 5.75 Å². The second kappa shape index (κ2) is 6.75. The number of ether oxygens (including phenoxy) is 1. The number of benzene rings is 1. The Kier molecular flexibility index (Phi) is 5.11. The number of nitrogens with two attached hydrogens (primary N) is 1. The number of nitrogens with zero attached hydrogens (tertiary/aromatic N) is 1. The van der Waals surface area contributed by atoms with E-state index in [-0.39, 0.29) is 12.4 Å². The highest BCUT2D eigenvalue weighted by Crippen LogP contribution is 2.46. The smallest absolute Gasteiger partial charge is 0.405 e. The molecule has 7 N–H and O–H groups in total. The van der Waals surface area contributed by atoms with Gasteiger partial charge in [0, 0.05) is 0 Å². The normalized spacial score (nSPS) is 17.1. The number of fused-ring (bicyclic) bond motifs is 1. The topological polar surface area (TPSA) is 149 Å². The first-order valence-corrected chi connectivity index (χ1v) is 8.91. The minimum atomic E-state index is -3.36. The maximum atomic E-state index is 11.0. The minimum absolute atomic E-state index is 0.0517. The van der Waals surface area contributed by atoms with E-state index < -0.39 is 22.6 Å². The Balaban J connectivity index is 2.27. The zero-order valence-electron chi connectivity index (χ0n) is 13.4. The lowest BCUT2D eigenvalue weighted by molar-refractivity contribution is 0.141. The van der Waals surface area contributed by atoms with Crippen LogP contribution < -0.4 is 20.5 Å². The van der Waals surface area contributed by atoms with Crippen LogP contribution in [0, 0.1) is 0 Å². The van der Waals surface area contributed by atoms with Gasteiger partial charge < -0.3 is 20.9 Å². The lowest BCUT2D eigenvalue weighted by atomic mass is 9.94. The zero-order chi connectivity index (χ0) is 18.0. The molecule has 1 amide bonds. The van der Waals surface area contributed by atoms with Gasteiger partial charge in [0.15, 0.2) is 5.84 Å². The van der Waals surface area contributed by atoms with Gasteiger partial charge in [-0.3, -0.25) is 13.8 Å². The number of carbonyl (C=O) groups is 1. The van der Waals surface area contributed by atoms with Crippen LogP contribution in [0.3, 0.4) is 0 Å². The Bertz CT molecular complexity index is 661. The van der Waals surface area contributed by atoms with E-state index in [0.29, 0.717) is 29.8 Å². The third-order valence-electron chi connectivity index (χ3n) is 3.98. The van der Waals surface area contributed by atoms with Gasteiger partial charge >= 0.3 is 6.09 Å². The van der Waals surface area contributed by atoms with E-state index in [9.17, 15) is 13.9 Å². The minimum Gasteiger partial charge on any atom is -0.490 e. The number of amides is 1. The molecular weight excluding hydrogens is 336 g/mol. The number of rotatable bonds is 6. The van der Waals surface area contributed by atoms with Crippen LogP contribution in [0.2, 0.25) is 0 Å². The third-order valence-corrected chi connectivity index (χ3v) is 4.93. The molecule has 24 heavy (non-hydrogen) atoms. The molecule has 1 aliphatic rings. The first-order chi connectivity index (χ1) is 11.2. The van der Waals surface area contributed by atoms with Crippen molar-refractivity contribution in [2.24, 2.45) is 10.1 Å². The molecule has 0 fully saturated rings. The van der Waals surface area contributed by atoms with Crippen LogP contribution in [0.25, 0.3) is 0 Å².